The molecule has 3 nitrogen and oxygen atoms in total. The van der Waals surface area contributed by atoms with Crippen LogP contribution in [0.5, 0.6) is 11.5 Å². The molecule has 0 aliphatic carbocycles. The van der Waals surface area contributed by atoms with Gasteiger partial charge in [0, 0.05) is 18.6 Å². The van der Waals surface area contributed by atoms with E-state index in [9.17, 15) is 8.78 Å². The van der Waals surface area contributed by atoms with Gasteiger partial charge >= 0.3 is 0 Å². The van der Waals surface area contributed by atoms with Gasteiger partial charge in [-0.1, -0.05) is 0 Å². The van der Waals surface area contributed by atoms with E-state index in [1.165, 1.54) is 6.07 Å². The number of fused-ring (bicyclic) bond motifs is 1. The number of rotatable bonds is 1. The van der Waals surface area contributed by atoms with Crippen LogP contribution in [0, 0.1) is 11.3 Å². The topological polar surface area (TPSA) is 42.2 Å². The number of halogens is 2. The molecular formula is C10H7F2NO2. The van der Waals surface area contributed by atoms with Gasteiger partial charge < -0.3 is 9.47 Å². The molecule has 1 heterocycles. The van der Waals surface area contributed by atoms with E-state index in [2.05, 4.69) is 0 Å². The van der Waals surface area contributed by atoms with Crippen molar-refractivity contribution in [3.05, 3.63) is 23.3 Å². The Balaban J connectivity index is 2.60. The molecule has 0 fully saturated rings. The molecule has 0 radical (unpaired) electrons. The van der Waals surface area contributed by atoms with E-state index in [1.807, 2.05) is 0 Å². The van der Waals surface area contributed by atoms with E-state index in [0.717, 1.165) is 13.0 Å². The highest BCUT2D eigenvalue weighted by Gasteiger charge is 2.30. The average Bonchev–Trinajstić information content (AvgIpc) is 2.60. The second-order valence-corrected chi connectivity index (χ2v) is 3.25. The molecular weight excluding hydrogens is 204 g/mol. The molecule has 0 aromatic heterocycles. The SMILES string of the molecule is CC(F)(F)c1cc2c(cc1C#N)OCO2. The van der Waals surface area contributed by atoms with Crippen LogP contribution < -0.4 is 9.47 Å². The van der Waals surface area contributed by atoms with E-state index in [0.29, 0.717) is 5.75 Å². The maximum absolute atomic E-state index is 13.1. The number of hydrogen-bond donors (Lipinski definition) is 0. The minimum Gasteiger partial charge on any atom is -0.454 e. The zero-order valence-corrected chi connectivity index (χ0v) is 7.88. The normalized spacial score (nSPS) is 13.7. The van der Waals surface area contributed by atoms with Crippen LogP contribution in [0.3, 0.4) is 0 Å². The minimum absolute atomic E-state index is 0.00105. The molecule has 1 aliphatic rings. The second-order valence-electron chi connectivity index (χ2n) is 3.25. The summed E-state index contributed by atoms with van der Waals surface area (Å²) in [7, 11) is 0. The van der Waals surface area contributed by atoms with Crippen molar-refractivity contribution in [1.82, 2.24) is 0 Å². The summed E-state index contributed by atoms with van der Waals surface area (Å²) in [6, 6.07) is 4.14. The fraction of sp³-hybridized carbons (Fsp3) is 0.300. The zero-order chi connectivity index (χ0) is 11.1. The highest BCUT2D eigenvalue weighted by atomic mass is 19.3. The number of nitrogens with zero attached hydrogens (tertiary/aromatic N) is 1. The first kappa shape index (κ1) is 9.71. The predicted octanol–water partition coefficient (Wildman–Crippen LogP) is 2.40. The summed E-state index contributed by atoms with van der Waals surface area (Å²) >= 11 is 0. The van der Waals surface area contributed by atoms with Gasteiger partial charge in [-0.05, 0) is 6.07 Å². The Morgan fingerprint density at radius 1 is 1.33 bits per heavy atom. The summed E-state index contributed by atoms with van der Waals surface area (Å²) in [6.45, 7) is 0.740. The molecule has 5 heteroatoms. The third-order valence-corrected chi connectivity index (χ3v) is 2.11. The Kier molecular flexibility index (Phi) is 2.00. The monoisotopic (exact) mass is 211 g/mol. The Morgan fingerprint density at radius 2 is 1.93 bits per heavy atom. The lowest BCUT2D eigenvalue weighted by molar-refractivity contribution is 0.0170. The molecule has 1 aromatic carbocycles. The van der Waals surface area contributed by atoms with Crippen LogP contribution in [0.25, 0.3) is 0 Å². The van der Waals surface area contributed by atoms with Gasteiger partial charge in [-0.15, -0.1) is 0 Å². The molecule has 78 valence electrons. The quantitative estimate of drug-likeness (QED) is 0.716. The summed E-state index contributed by atoms with van der Waals surface area (Å²) in [5.41, 5.74) is -0.430. The van der Waals surface area contributed by atoms with E-state index in [-0.39, 0.29) is 23.7 Å². The van der Waals surface area contributed by atoms with Gasteiger partial charge in [0.1, 0.15) is 0 Å². The van der Waals surface area contributed by atoms with Gasteiger partial charge in [-0.2, -0.15) is 5.26 Å². The third kappa shape index (κ3) is 1.59. The fourth-order valence-electron chi connectivity index (χ4n) is 1.40. The van der Waals surface area contributed by atoms with E-state index in [4.69, 9.17) is 14.7 Å². The maximum Gasteiger partial charge on any atom is 0.271 e. The Bertz CT molecular complexity index is 446. The minimum atomic E-state index is -3.06. The highest BCUT2D eigenvalue weighted by Crippen LogP contribution is 2.39. The molecule has 0 bridgehead atoms. The van der Waals surface area contributed by atoms with Gasteiger partial charge in [0.2, 0.25) is 6.79 Å². The van der Waals surface area contributed by atoms with E-state index in [1.54, 1.807) is 6.07 Å². The predicted molar refractivity (Wildman–Crippen MR) is 46.8 cm³/mol. The lowest BCUT2D eigenvalue weighted by Gasteiger charge is -2.12. The lowest BCUT2D eigenvalue weighted by atomic mass is 10.0. The average molecular weight is 211 g/mol. The molecule has 0 saturated heterocycles. The Labute approximate surface area is 84.8 Å². The Morgan fingerprint density at radius 3 is 2.47 bits per heavy atom. The first-order chi connectivity index (χ1) is 7.02. The van der Waals surface area contributed by atoms with Crippen molar-refractivity contribution >= 4 is 0 Å². The summed E-state index contributed by atoms with van der Waals surface area (Å²) < 4.78 is 36.2. The van der Waals surface area contributed by atoms with Gasteiger partial charge in [0.15, 0.2) is 11.5 Å². The molecule has 2 rings (SSSR count). The molecule has 1 aromatic rings. The maximum atomic E-state index is 13.1. The second kappa shape index (κ2) is 3.09. The van der Waals surface area contributed by atoms with Crippen molar-refractivity contribution in [3.8, 4) is 17.6 Å². The third-order valence-electron chi connectivity index (χ3n) is 2.11. The fourth-order valence-corrected chi connectivity index (χ4v) is 1.40. The van der Waals surface area contributed by atoms with Crippen molar-refractivity contribution in [2.45, 2.75) is 12.8 Å². The van der Waals surface area contributed by atoms with Gasteiger partial charge in [0.05, 0.1) is 11.6 Å². The van der Waals surface area contributed by atoms with Crippen LogP contribution in [-0.2, 0) is 5.92 Å². The van der Waals surface area contributed by atoms with Crippen LogP contribution in [0.15, 0.2) is 12.1 Å². The first-order valence-electron chi connectivity index (χ1n) is 4.24. The number of hydrogen-bond acceptors (Lipinski definition) is 3. The summed E-state index contributed by atoms with van der Waals surface area (Å²) in [5, 5.41) is 8.73. The van der Waals surface area contributed by atoms with Crippen molar-refractivity contribution < 1.29 is 18.3 Å². The number of nitriles is 1. The smallest absolute Gasteiger partial charge is 0.271 e. The lowest BCUT2D eigenvalue weighted by Crippen LogP contribution is -2.09. The molecule has 0 spiro atoms. The number of benzene rings is 1. The molecule has 1 aliphatic heterocycles. The van der Waals surface area contributed by atoms with Crippen LogP contribution in [0.4, 0.5) is 8.78 Å². The van der Waals surface area contributed by atoms with Crippen LogP contribution in [0.1, 0.15) is 18.1 Å². The molecule has 0 unspecified atom stereocenters. The van der Waals surface area contributed by atoms with Gasteiger partial charge in [-0.25, -0.2) is 8.78 Å². The van der Waals surface area contributed by atoms with Crippen LogP contribution in [-0.4, -0.2) is 6.79 Å². The van der Waals surface area contributed by atoms with Gasteiger partial charge in [-0.3, -0.25) is 0 Å². The van der Waals surface area contributed by atoms with Crippen LogP contribution in [0.2, 0.25) is 0 Å². The molecule has 0 N–H and O–H groups in total. The molecule has 0 atom stereocenters. The van der Waals surface area contributed by atoms with Crippen molar-refractivity contribution in [3.63, 3.8) is 0 Å². The summed E-state index contributed by atoms with van der Waals surface area (Å²) in [6.07, 6.45) is 0. The summed E-state index contributed by atoms with van der Waals surface area (Å²) in [5.74, 6) is -2.48. The summed E-state index contributed by atoms with van der Waals surface area (Å²) in [4.78, 5) is 0. The van der Waals surface area contributed by atoms with E-state index < -0.39 is 5.92 Å². The van der Waals surface area contributed by atoms with Crippen molar-refractivity contribution in [2.24, 2.45) is 0 Å². The van der Waals surface area contributed by atoms with Crippen molar-refractivity contribution in [1.29, 1.82) is 5.26 Å². The Hall–Kier alpha value is -1.83. The standard InChI is InChI=1S/C10H7F2NO2/c1-10(11,12)7-3-9-8(14-5-15-9)2-6(7)4-13/h2-3H,5H2,1H3. The highest BCUT2D eigenvalue weighted by molar-refractivity contribution is 5.53. The number of ether oxygens (including phenoxy) is 2. The number of alkyl halides is 2. The van der Waals surface area contributed by atoms with Gasteiger partial charge in [0.25, 0.3) is 5.92 Å². The zero-order valence-electron chi connectivity index (χ0n) is 7.88. The van der Waals surface area contributed by atoms with Crippen LogP contribution >= 0.6 is 0 Å². The largest absolute Gasteiger partial charge is 0.454 e. The molecule has 15 heavy (non-hydrogen) atoms. The van der Waals surface area contributed by atoms with E-state index >= 15 is 0 Å². The first-order valence-corrected chi connectivity index (χ1v) is 4.24. The molecule has 0 saturated carbocycles. The van der Waals surface area contributed by atoms with Crippen molar-refractivity contribution in [2.75, 3.05) is 6.79 Å². The molecule has 0 amide bonds.